The Morgan fingerprint density at radius 1 is 1.10 bits per heavy atom. The molecule has 0 amide bonds. The van der Waals surface area contributed by atoms with Crippen molar-refractivity contribution in [2.75, 3.05) is 13.7 Å². The molecular weight excluding hydrogens is 266 g/mol. The number of ether oxygens (including phenoxy) is 2. The predicted molar refractivity (Wildman–Crippen MR) is 81.0 cm³/mol. The minimum absolute atomic E-state index is 0.00847. The van der Waals surface area contributed by atoms with E-state index in [1.54, 1.807) is 12.1 Å². The average Bonchev–Trinajstić information content (AvgIpc) is 2.54. The summed E-state index contributed by atoms with van der Waals surface area (Å²) in [6.07, 6.45) is 0. The lowest BCUT2D eigenvalue weighted by Crippen LogP contribution is -2.50. The summed E-state index contributed by atoms with van der Waals surface area (Å²) in [4.78, 5) is 12.1. The molecule has 2 rings (SSSR count). The summed E-state index contributed by atoms with van der Waals surface area (Å²) in [6, 6.07) is 16.7. The second-order valence-electron chi connectivity index (χ2n) is 4.88. The molecule has 0 aromatic heterocycles. The summed E-state index contributed by atoms with van der Waals surface area (Å²) in [5, 5.41) is 0. The minimum Gasteiger partial charge on any atom is -0.490 e. The van der Waals surface area contributed by atoms with E-state index in [-0.39, 0.29) is 6.61 Å². The van der Waals surface area contributed by atoms with Gasteiger partial charge in [0.1, 0.15) is 12.4 Å². The predicted octanol–water partition coefficient (Wildman–Crippen LogP) is 2.40. The molecule has 0 fully saturated rings. The first-order chi connectivity index (χ1) is 10.1. The van der Waals surface area contributed by atoms with E-state index in [9.17, 15) is 4.79 Å². The number of esters is 1. The molecule has 0 bridgehead atoms. The van der Waals surface area contributed by atoms with Gasteiger partial charge in [-0.2, -0.15) is 0 Å². The maximum atomic E-state index is 12.1. The van der Waals surface area contributed by atoms with Gasteiger partial charge in [-0.25, -0.2) is 4.79 Å². The van der Waals surface area contributed by atoms with Gasteiger partial charge in [-0.3, -0.25) is 0 Å². The van der Waals surface area contributed by atoms with Crippen LogP contribution in [0.15, 0.2) is 54.6 Å². The number of carbonyl (C=O) groups is 1. The Balaban J connectivity index is 2.26. The molecule has 110 valence electrons. The first-order valence-corrected chi connectivity index (χ1v) is 6.69. The van der Waals surface area contributed by atoms with Gasteiger partial charge in [-0.05, 0) is 24.1 Å². The molecule has 0 aliphatic heterocycles. The molecule has 0 saturated carbocycles. The van der Waals surface area contributed by atoms with Crippen LogP contribution in [0.2, 0.25) is 0 Å². The van der Waals surface area contributed by atoms with Gasteiger partial charge in [-0.1, -0.05) is 48.5 Å². The van der Waals surface area contributed by atoms with Crippen molar-refractivity contribution in [1.82, 2.24) is 0 Å². The molecule has 2 aromatic rings. The molecule has 0 aliphatic carbocycles. The van der Waals surface area contributed by atoms with E-state index in [2.05, 4.69) is 0 Å². The number of benzene rings is 2. The number of methoxy groups -OCH3 is 1. The summed E-state index contributed by atoms with van der Waals surface area (Å²) in [7, 11) is 1.32. The number of para-hydroxylation sites is 1. The number of hydrogen-bond acceptors (Lipinski definition) is 4. The molecule has 2 aromatic carbocycles. The Morgan fingerprint density at radius 2 is 1.71 bits per heavy atom. The van der Waals surface area contributed by atoms with Crippen LogP contribution in [0.3, 0.4) is 0 Å². The van der Waals surface area contributed by atoms with Gasteiger partial charge in [0.15, 0.2) is 5.54 Å². The van der Waals surface area contributed by atoms with Crippen molar-refractivity contribution in [3.63, 3.8) is 0 Å². The van der Waals surface area contributed by atoms with Gasteiger partial charge in [0, 0.05) is 0 Å². The Bertz CT molecular complexity index is 612. The van der Waals surface area contributed by atoms with Crippen LogP contribution in [0.4, 0.5) is 0 Å². The monoisotopic (exact) mass is 285 g/mol. The third kappa shape index (κ3) is 3.23. The number of hydrogen-bond donors (Lipinski definition) is 1. The van der Waals surface area contributed by atoms with Crippen LogP contribution in [0.25, 0.3) is 0 Å². The fourth-order valence-corrected chi connectivity index (χ4v) is 2.09. The van der Waals surface area contributed by atoms with E-state index in [0.29, 0.717) is 11.3 Å². The highest BCUT2D eigenvalue weighted by Gasteiger charge is 2.38. The lowest BCUT2D eigenvalue weighted by molar-refractivity contribution is -0.148. The number of aryl methyl sites for hydroxylation is 1. The van der Waals surface area contributed by atoms with Gasteiger partial charge >= 0.3 is 5.97 Å². The largest absolute Gasteiger partial charge is 0.490 e. The summed E-state index contributed by atoms with van der Waals surface area (Å²) < 4.78 is 10.6. The highest BCUT2D eigenvalue weighted by molar-refractivity contribution is 5.82. The Kier molecular flexibility index (Phi) is 4.60. The Hall–Kier alpha value is -2.33. The van der Waals surface area contributed by atoms with Gasteiger partial charge in [0.2, 0.25) is 0 Å². The van der Waals surface area contributed by atoms with E-state index in [0.717, 1.165) is 5.56 Å². The fraction of sp³-hybridized carbons (Fsp3) is 0.235. The van der Waals surface area contributed by atoms with Crippen molar-refractivity contribution in [2.45, 2.75) is 12.5 Å². The molecule has 0 radical (unpaired) electrons. The maximum Gasteiger partial charge on any atom is 0.334 e. The van der Waals surface area contributed by atoms with Crippen molar-refractivity contribution in [2.24, 2.45) is 5.73 Å². The quantitative estimate of drug-likeness (QED) is 0.857. The first kappa shape index (κ1) is 15.1. The van der Waals surface area contributed by atoms with Crippen molar-refractivity contribution in [3.8, 4) is 5.75 Å². The van der Waals surface area contributed by atoms with Crippen LogP contribution in [-0.2, 0) is 15.1 Å². The van der Waals surface area contributed by atoms with E-state index < -0.39 is 11.5 Å². The van der Waals surface area contributed by atoms with Gasteiger partial charge < -0.3 is 15.2 Å². The molecule has 0 heterocycles. The number of nitrogens with two attached hydrogens (primary N) is 1. The molecule has 2 N–H and O–H groups in total. The topological polar surface area (TPSA) is 61.5 Å². The molecular formula is C17H19NO3. The van der Waals surface area contributed by atoms with Crippen LogP contribution in [0.5, 0.6) is 5.75 Å². The zero-order valence-corrected chi connectivity index (χ0v) is 12.2. The molecule has 1 atom stereocenters. The first-order valence-electron chi connectivity index (χ1n) is 6.69. The van der Waals surface area contributed by atoms with Crippen molar-refractivity contribution < 1.29 is 14.3 Å². The fourth-order valence-electron chi connectivity index (χ4n) is 2.09. The highest BCUT2D eigenvalue weighted by atomic mass is 16.5. The van der Waals surface area contributed by atoms with Crippen molar-refractivity contribution in [3.05, 3.63) is 65.7 Å². The van der Waals surface area contributed by atoms with Gasteiger partial charge in [-0.15, -0.1) is 0 Å². The summed E-state index contributed by atoms with van der Waals surface area (Å²) in [6.45, 7) is 1.95. The van der Waals surface area contributed by atoms with Crippen LogP contribution in [-0.4, -0.2) is 19.7 Å². The molecule has 0 aliphatic rings. The SMILES string of the molecule is COC(=O)C(N)(COc1ccccc1C)c1ccccc1. The Morgan fingerprint density at radius 3 is 2.33 bits per heavy atom. The molecule has 4 heteroatoms. The molecule has 0 spiro atoms. The molecule has 4 nitrogen and oxygen atoms in total. The lowest BCUT2D eigenvalue weighted by Gasteiger charge is -2.27. The van der Waals surface area contributed by atoms with Gasteiger partial charge in [0.05, 0.1) is 7.11 Å². The zero-order valence-electron chi connectivity index (χ0n) is 12.2. The second kappa shape index (κ2) is 6.41. The standard InChI is InChI=1S/C17H19NO3/c1-13-8-6-7-11-15(13)21-12-17(18,16(19)20-2)14-9-4-3-5-10-14/h3-11H,12,18H2,1-2H3. The number of rotatable bonds is 5. The maximum absolute atomic E-state index is 12.1. The summed E-state index contributed by atoms with van der Waals surface area (Å²) in [5.74, 6) is 0.175. The van der Waals surface area contributed by atoms with Gasteiger partial charge in [0.25, 0.3) is 0 Å². The van der Waals surface area contributed by atoms with Crippen LogP contribution >= 0.6 is 0 Å². The minimum atomic E-state index is -1.34. The smallest absolute Gasteiger partial charge is 0.334 e. The summed E-state index contributed by atoms with van der Waals surface area (Å²) in [5.41, 5.74) is 6.58. The normalized spacial score (nSPS) is 13.3. The third-order valence-corrected chi connectivity index (χ3v) is 3.39. The van der Waals surface area contributed by atoms with Crippen molar-refractivity contribution >= 4 is 5.97 Å². The zero-order chi connectivity index (χ0) is 15.3. The van der Waals surface area contributed by atoms with Crippen molar-refractivity contribution in [1.29, 1.82) is 0 Å². The van der Waals surface area contributed by atoms with Crippen LogP contribution in [0.1, 0.15) is 11.1 Å². The van der Waals surface area contributed by atoms with E-state index in [4.69, 9.17) is 15.2 Å². The number of carbonyl (C=O) groups excluding carboxylic acids is 1. The molecule has 0 saturated heterocycles. The van der Waals surface area contributed by atoms with E-state index in [1.807, 2.05) is 49.4 Å². The lowest BCUT2D eigenvalue weighted by atomic mass is 9.92. The van der Waals surface area contributed by atoms with E-state index in [1.165, 1.54) is 7.11 Å². The summed E-state index contributed by atoms with van der Waals surface area (Å²) >= 11 is 0. The molecule has 21 heavy (non-hydrogen) atoms. The van der Waals surface area contributed by atoms with E-state index >= 15 is 0 Å². The average molecular weight is 285 g/mol. The Labute approximate surface area is 124 Å². The van der Waals surface area contributed by atoms with Crippen LogP contribution < -0.4 is 10.5 Å². The van der Waals surface area contributed by atoms with Crippen LogP contribution in [0, 0.1) is 6.92 Å². The second-order valence-corrected chi connectivity index (χ2v) is 4.88. The third-order valence-electron chi connectivity index (χ3n) is 3.39. The highest BCUT2D eigenvalue weighted by Crippen LogP contribution is 2.23. The molecule has 1 unspecified atom stereocenters.